The van der Waals surface area contributed by atoms with Crippen molar-refractivity contribution in [2.75, 3.05) is 50.5 Å². The van der Waals surface area contributed by atoms with Gasteiger partial charge in [0.1, 0.15) is 6.61 Å². The molecule has 1 aliphatic carbocycles. The van der Waals surface area contributed by atoms with Crippen LogP contribution >= 0.6 is 0 Å². The van der Waals surface area contributed by atoms with Gasteiger partial charge < -0.3 is 25.8 Å². The average Bonchev–Trinajstić information content (AvgIpc) is 2.72. The molecule has 4 N–H and O–H groups in total. The third-order valence-corrected chi connectivity index (χ3v) is 5.76. The second kappa shape index (κ2) is 10.8. The second-order valence-corrected chi connectivity index (χ2v) is 8.53. The van der Waals surface area contributed by atoms with Crippen LogP contribution in [0.1, 0.15) is 39.5 Å². The van der Waals surface area contributed by atoms with E-state index in [1.165, 1.54) is 6.07 Å². The molecule has 1 amide bonds. The van der Waals surface area contributed by atoms with Gasteiger partial charge in [-0.1, -0.05) is 0 Å². The van der Waals surface area contributed by atoms with Crippen LogP contribution in [0.4, 0.5) is 15.8 Å². The molecule has 0 unspecified atom stereocenters. The highest BCUT2D eigenvalue weighted by Crippen LogP contribution is 2.32. The van der Waals surface area contributed by atoms with Crippen LogP contribution in [0.25, 0.3) is 0 Å². The molecule has 1 aromatic carbocycles. The largest absolute Gasteiger partial charge is 0.489 e. The predicted octanol–water partition coefficient (Wildman–Crippen LogP) is 2.61. The third kappa shape index (κ3) is 6.47. The molecule has 0 aromatic heterocycles. The van der Waals surface area contributed by atoms with Crippen molar-refractivity contribution < 1.29 is 18.7 Å². The summed E-state index contributed by atoms with van der Waals surface area (Å²) in [5, 5.41) is 6.42. The molecule has 7 nitrogen and oxygen atoms in total. The van der Waals surface area contributed by atoms with Crippen molar-refractivity contribution in [2.24, 2.45) is 5.92 Å². The predicted molar refractivity (Wildman–Crippen MR) is 116 cm³/mol. The highest BCUT2D eigenvalue weighted by molar-refractivity contribution is 5.79. The SMILES string of the molecule is CC(C)NC(=O)C1CCC(Nc2cc(OCCN3CCOCC3)c(F)cc2N)CC1. The molecular formula is C22H35FN4O3. The van der Waals surface area contributed by atoms with Gasteiger partial charge in [0.15, 0.2) is 11.6 Å². The Morgan fingerprint density at radius 2 is 1.97 bits per heavy atom. The lowest BCUT2D eigenvalue weighted by Crippen LogP contribution is -2.39. The Morgan fingerprint density at radius 1 is 1.27 bits per heavy atom. The number of hydrogen-bond acceptors (Lipinski definition) is 6. The highest BCUT2D eigenvalue weighted by atomic mass is 19.1. The van der Waals surface area contributed by atoms with E-state index in [4.69, 9.17) is 15.2 Å². The van der Waals surface area contributed by atoms with Crippen molar-refractivity contribution in [1.82, 2.24) is 10.2 Å². The molecule has 0 atom stereocenters. The number of nitrogens with two attached hydrogens (primary N) is 1. The highest BCUT2D eigenvalue weighted by Gasteiger charge is 2.27. The topological polar surface area (TPSA) is 88.8 Å². The summed E-state index contributed by atoms with van der Waals surface area (Å²) in [5.74, 6) is -0.0326. The van der Waals surface area contributed by atoms with E-state index in [9.17, 15) is 9.18 Å². The van der Waals surface area contributed by atoms with E-state index in [1.807, 2.05) is 13.8 Å². The second-order valence-electron chi connectivity index (χ2n) is 8.53. The minimum Gasteiger partial charge on any atom is -0.489 e. The van der Waals surface area contributed by atoms with Crippen LogP contribution in [0.3, 0.4) is 0 Å². The zero-order chi connectivity index (χ0) is 21.5. The number of anilines is 2. The van der Waals surface area contributed by atoms with Gasteiger partial charge in [-0.3, -0.25) is 9.69 Å². The Kier molecular flexibility index (Phi) is 8.16. The lowest BCUT2D eigenvalue weighted by molar-refractivity contribution is -0.126. The van der Waals surface area contributed by atoms with Crippen LogP contribution in [-0.2, 0) is 9.53 Å². The lowest BCUT2D eigenvalue weighted by Gasteiger charge is -2.30. The van der Waals surface area contributed by atoms with Gasteiger partial charge in [-0.05, 0) is 39.5 Å². The van der Waals surface area contributed by atoms with Crippen LogP contribution in [0, 0.1) is 11.7 Å². The number of nitrogens with zero attached hydrogens (tertiary/aromatic N) is 1. The number of nitrogen functional groups attached to an aromatic ring is 1. The van der Waals surface area contributed by atoms with Crippen LogP contribution in [0.15, 0.2) is 12.1 Å². The first-order chi connectivity index (χ1) is 14.4. The first-order valence-corrected chi connectivity index (χ1v) is 11.0. The minimum atomic E-state index is -0.450. The zero-order valence-corrected chi connectivity index (χ0v) is 18.1. The van der Waals surface area contributed by atoms with Crippen LogP contribution in [-0.4, -0.2) is 62.3 Å². The van der Waals surface area contributed by atoms with Crippen LogP contribution < -0.4 is 21.1 Å². The molecule has 0 radical (unpaired) electrons. The number of amides is 1. The number of rotatable bonds is 8. The van der Waals surface area contributed by atoms with Crippen molar-refractivity contribution in [2.45, 2.75) is 51.6 Å². The Labute approximate surface area is 178 Å². The van der Waals surface area contributed by atoms with Crippen LogP contribution in [0.2, 0.25) is 0 Å². The van der Waals surface area contributed by atoms with Gasteiger partial charge in [0.25, 0.3) is 0 Å². The molecule has 168 valence electrons. The quantitative estimate of drug-likeness (QED) is 0.558. The van der Waals surface area contributed by atoms with Gasteiger partial charge in [-0.15, -0.1) is 0 Å². The number of ether oxygens (including phenoxy) is 2. The molecule has 0 bridgehead atoms. The maximum Gasteiger partial charge on any atom is 0.223 e. The number of benzene rings is 1. The van der Waals surface area contributed by atoms with Gasteiger partial charge in [0, 0.05) is 49.8 Å². The third-order valence-electron chi connectivity index (χ3n) is 5.76. The average molecular weight is 423 g/mol. The molecule has 1 saturated carbocycles. The molecule has 8 heteroatoms. The first-order valence-electron chi connectivity index (χ1n) is 11.0. The van der Waals surface area contributed by atoms with Crippen molar-refractivity contribution in [3.63, 3.8) is 0 Å². The zero-order valence-electron chi connectivity index (χ0n) is 18.1. The molecule has 2 aliphatic rings. The van der Waals surface area contributed by atoms with Gasteiger partial charge in [-0.25, -0.2) is 4.39 Å². The van der Waals surface area contributed by atoms with Gasteiger partial charge in [0.05, 0.1) is 24.6 Å². The van der Waals surface area contributed by atoms with E-state index >= 15 is 0 Å². The number of hydrogen-bond donors (Lipinski definition) is 3. The first kappa shape index (κ1) is 22.6. The number of halogens is 1. The molecule has 1 aromatic rings. The summed E-state index contributed by atoms with van der Waals surface area (Å²) >= 11 is 0. The van der Waals surface area contributed by atoms with E-state index in [0.29, 0.717) is 18.0 Å². The summed E-state index contributed by atoms with van der Waals surface area (Å²) in [7, 11) is 0. The monoisotopic (exact) mass is 422 g/mol. The molecule has 3 rings (SSSR count). The standard InChI is InChI=1S/C22H35FN4O3/c1-15(2)25-22(28)16-3-5-17(6-4-16)26-20-14-21(18(23)13-19(20)24)30-12-9-27-7-10-29-11-8-27/h13-17,26H,3-12,24H2,1-2H3,(H,25,28). The summed E-state index contributed by atoms with van der Waals surface area (Å²) < 4.78 is 25.3. The van der Waals surface area contributed by atoms with E-state index in [2.05, 4.69) is 15.5 Å². The van der Waals surface area contributed by atoms with E-state index in [0.717, 1.165) is 58.5 Å². The van der Waals surface area contributed by atoms with Gasteiger partial charge in [0.2, 0.25) is 5.91 Å². The fourth-order valence-corrected chi connectivity index (χ4v) is 4.04. The smallest absolute Gasteiger partial charge is 0.223 e. The van der Waals surface area contributed by atoms with E-state index in [1.54, 1.807) is 6.07 Å². The molecule has 1 saturated heterocycles. The van der Waals surface area contributed by atoms with Gasteiger partial charge >= 0.3 is 0 Å². The molecule has 1 heterocycles. The maximum absolute atomic E-state index is 14.3. The normalized spacial score (nSPS) is 22.7. The van der Waals surface area contributed by atoms with Crippen molar-refractivity contribution in [3.8, 4) is 5.75 Å². The van der Waals surface area contributed by atoms with E-state index in [-0.39, 0.29) is 29.7 Å². The Bertz CT molecular complexity index is 702. The Hall–Kier alpha value is -2.06. The Morgan fingerprint density at radius 3 is 2.63 bits per heavy atom. The maximum atomic E-state index is 14.3. The molecule has 2 fully saturated rings. The summed E-state index contributed by atoms with van der Waals surface area (Å²) in [6, 6.07) is 3.34. The van der Waals surface area contributed by atoms with Crippen LogP contribution in [0.5, 0.6) is 5.75 Å². The fraction of sp³-hybridized carbons (Fsp3) is 0.682. The summed E-state index contributed by atoms with van der Waals surface area (Å²) in [6.45, 7) is 8.30. The fourth-order valence-electron chi connectivity index (χ4n) is 4.04. The number of carbonyl (C=O) groups is 1. The Balaban J connectivity index is 1.51. The number of nitrogens with one attached hydrogen (secondary N) is 2. The lowest BCUT2D eigenvalue weighted by atomic mass is 9.85. The summed E-state index contributed by atoms with van der Waals surface area (Å²) in [5.41, 5.74) is 7.10. The molecule has 1 aliphatic heterocycles. The molecule has 30 heavy (non-hydrogen) atoms. The summed E-state index contributed by atoms with van der Waals surface area (Å²) in [4.78, 5) is 14.4. The van der Waals surface area contributed by atoms with Gasteiger partial charge in [-0.2, -0.15) is 0 Å². The molecular weight excluding hydrogens is 387 g/mol. The molecule has 0 spiro atoms. The minimum absolute atomic E-state index is 0.0649. The number of morpholine rings is 1. The summed E-state index contributed by atoms with van der Waals surface area (Å²) in [6.07, 6.45) is 3.42. The van der Waals surface area contributed by atoms with E-state index < -0.39 is 5.82 Å². The van der Waals surface area contributed by atoms with Crippen molar-refractivity contribution >= 4 is 17.3 Å². The van der Waals surface area contributed by atoms with Crippen molar-refractivity contribution in [3.05, 3.63) is 17.9 Å². The number of carbonyl (C=O) groups excluding carboxylic acids is 1. The van der Waals surface area contributed by atoms with Crippen molar-refractivity contribution in [1.29, 1.82) is 0 Å².